The highest BCUT2D eigenvalue weighted by molar-refractivity contribution is 5.81. The summed E-state index contributed by atoms with van der Waals surface area (Å²) < 4.78 is 26.6. The second kappa shape index (κ2) is 5.40. The highest BCUT2D eigenvalue weighted by atomic mass is 19.1. The van der Waals surface area contributed by atoms with Gasteiger partial charge < -0.3 is 0 Å². The van der Waals surface area contributed by atoms with Crippen LogP contribution < -0.4 is 5.43 Å². The van der Waals surface area contributed by atoms with Gasteiger partial charge in [0.15, 0.2) is 0 Å². The van der Waals surface area contributed by atoms with Gasteiger partial charge in [0, 0.05) is 0 Å². The number of nitrogens with zero attached hydrogens (tertiary/aromatic N) is 1. The third kappa shape index (κ3) is 2.71. The Hall–Kier alpha value is -2.23. The lowest BCUT2D eigenvalue weighted by atomic mass is 10.2. The number of hydrogen-bond acceptors (Lipinski definition) is 2. The molecular weight excluding hydrogens is 234 g/mol. The summed E-state index contributed by atoms with van der Waals surface area (Å²) in [6.07, 6.45) is 1.14. The number of rotatable bonds is 3. The average molecular weight is 246 g/mol. The van der Waals surface area contributed by atoms with Gasteiger partial charge in [-0.05, 0) is 30.7 Å². The van der Waals surface area contributed by atoms with E-state index in [2.05, 4.69) is 10.5 Å². The minimum Gasteiger partial charge on any atom is -0.278 e. The normalized spacial score (nSPS) is 10.8. The molecule has 2 aromatic carbocycles. The SMILES string of the molecule is Cc1ccccc1N/N=C\c1c(F)cccc1F. The molecule has 0 aromatic heterocycles. The monoisotopic (exact) mass is 246 g/mol. The maximum atomic E-state index is 13.3. The molecule has 0 bridgehead atoms. The fraction of sp³-hybridized carbons (Fsp3) is 0.0714. The zero-order chi connectivity index (χ0) is 13.0. The smallest absolute Gasteiger partial charge is 0.134 e. The lowest BCUT2D eigenvalue weighted by Crippen LogP contribution is -1.97. The van der Waals surface area contributed by atoms with Gasteiger partial charge in [-0.15, -0.1) is 0 Å². The Bertz CT molecular complexity index is 560. The van der Waals surface area contributed by atoms with Crippen LogP contribution in [0, 0.1) is 18.6 Å². The van der Waals surface area contributed by atoms with Crippen LogP contribution in [0.5, 0.6) is 0 Å². The van der Waals surface area contributed by atoms with Crippen molar-refractivity contribution in [2.45, 2.75) is 6.92 Å². The summed E-state index contributed by atoms with van der Waals surface area (Å²) in [5.74, 6) is -1.27. The molecule has 0 aliphatic carbocycles. The molecule has 0 amide bonds. The first-order chi connectivity index (χ1) is 8.68. The van der Waals surface area contributed by atoms with Crippen molar-refractivity contribution in [3.05, 3.63) is 65.2 Å². The number of hydrazone groups is 1. The van der Waals surface area contributed by atoms with Crippen molar-refractivity contribution < 1.29 is 8.78 Å². The van der Waals surface area contributed by atoms with E-state index in [0.29, 0.717) is 0 Å². The van der Waals surface area contributed by atoms with Crippen molar-refractivity contribution in [3.63, 3.8) is 0 Å². The van der Waals surface area contributed by atoms with Crippen LogP contribution in [0.2, 0.25) is 0 Å². The first-order valence-electron chi connectivity index (χ1n) is 5.47. The van der Waals surface area contributed by atoms with Crippen LogP contribution in [0.4, 0.5) is 14.5 Å². The maximum Gasteiger partial charge on any atom is 0.134 e. The Kier molecular flexibility index (Phi) is 3.67. The van der Waals surface area contributed by atoms with Crippen LogP contribution >= 0.6 is 0 Å². The predicted molar refractivity (Wildman–Crippen MR) is 68.8 cm³/mol. The second-order valence-corrected chi connectivity index (χ2v) is 3.82. The summed E-state index contributed by atoms with van der Waals surface area (Å²) in [5, 5.41) is 3.84. The topological polar surface area (TPSA) is 24.4 Å². The van der Waals surface area contributed by atoms with Crippen LogP contribution in [0.3, 0.4) is 0 Å². The molecule has 0 aliphatic heterocycles. The number of aryl methyl sites for hydroxylation is 1. The van der Waals surface area contributed by atoms with E-state index in [1.54, 1.807) is 0 Å². The summed E-state index contributed by atoms with van der Waals surface area (Å²) in [6.45, 7) is 1.92. The molecule has 92 valence electrons. The fourth-order valence-electron chi connectivity index (χ4n) is 1.50. The summed E-state index contributed by atoms with van der Waals surface area (Å²) in [6, 6.07) is 11.2. The van der Waals surface area contributed by atoms with E-state index < -0.39 is 11.6 Å². The Labute approximate surface area is 104 Å². The lowest BCUT2D eigenvalue weighted by molar-refractivity contribution is 0.580. The molecule has 0 saturated heterocycles. The fourth-order valence-corrected chi connectivity index (χ4v) is 1.50. The van der Waals surface area contributed by atoms with E-state index in [4.69, 9.17) is 0 Å². The molecule has 4 heteroatoms. The summed E-state index contributed by atoms with van der Waals surface area (Å²) >= 11 is 0. The van der Waals surface area contributed by atoms with E-state index >= 15 is 0 Å². The summed E-state index contributed by atoms with van der Waals surface area (Å²) in [7, 11) is 0. The molecule has 18 heavy (non-hydrogen) atoms. The van der Waals surface area contributed by atoms with Crippen LogP contribution in [-0.2, 0) is 0 Å². The van der Waals surface area contributed by atoms with Crippen LogP contribution in [0.15, 0.2) is 47.6 Å². The molecule has 2 aromatic rings. The van der Waals surface area contributed by atoms with Gasteiger partial charge in [-0.25, -0.2) is 8.78 Å². The molecule has 0 radical (unpaired) electrons. The highest BCUT2D eigenvalue weighted by Gasteiger charge is 2.04. The predicted octanol–water partition coefficient (Wildman–Crippen LogP) is 3.72. The highest BCUT2D eigenvalue weighted by Crippen LogP contribution is 2.13. The Morgan fingerprint density at radius 1 is 1.00 bits per heavy atom. The Balaban J connectivity index is 2.15. The van der Waals surface area contributed by atoms with Gasteiger partial charge in [-0.3, -0.25) is 5.43 Å². The lowest BCUT2D eigenvalue weighted by Gasteiger charge is -2.03. The third-order valence-corrected chi connectivity index (χ3v) is 2.52. The third-order valence-electron chi connectivity index (χ3n) is 2.52. The minimum absolute atomic E-state index is 0.154. The number of para-hydroxylation sites is 1. The zero-order valence-corrected chi connectivity index (χ0v) is 9.82. The van der Waals surface area contributed by atoms with E-state index in [1.807, 2.05) is 31.2 Å². The summed E-state index contributed by atoms with van der Waals surface area (Å²) in [5.41, 5.74) is 4.40. The van der Waals surface area contributed by atoms with Gasteiger partial charge in [0.05, 0.1) is 17.5 Å². The molecule has 0 fully saturated rings. The molecule has 2 nitrogen and oxygen atoms in total. The molecule has 0 atom stereocenters. The molecule has 1 N–H and O–H groups in total. The van der Waals surface area contributed by atoms with Gasteiger partial charge >= 0.3 is 0 Å². The quantitative estimate of drug-likeness (QED) is 0.647. The number of halogens is 2. The second-order valence-electron chi connectivity index (χ2n) is 3.82. The number of nitrogens with one attached hydrogen (secondary N) is 1. The minimum atomic E-state index is -0.634. The first kappa shape index (κ1) is 12.2. The largest absolute Gasteiger partial charge is 0.278 e. The number of anilines is 1. The Morgan fingerprint density at radius 3 is 2.33 bits per heavy atom. The molecule has 2 rings (SSSR count). The van der Waals surface area contributed by atoms with Gasteiger partial charge in [-0.2, -0.15) is 5.10 Å². The average Bonchev–Trinajstić information content (AvgIpc) is 2.35. The van der Waals surface area contributed by atoms with Crippen molar-refractivity contribution in [3.8, 4) is 0 Å². The van der Waals surface area contributed by atoms with E-state index in [0.717, 1.165) is 17.5 Å². The summed E-state index contributed by atoms with van der Waals surface area (Å²) in [4.78, 5) is 0. The number of hydrogen-bond donors (Lipinski definition) is 1. The first-order valence-corrected chi connectivity index (χ1v) is 5.47. The van der Waals surface area contributed by atoms with Crippen molar-refractivity contribution in [2.75, 3.05) is 5.43 Å². The van der Waals surface area contributed by atoms with Gasteiger partial charge in [0.1, 0.15) is 11.6 Å². The molecule has 0 heterocycles. The standard InChI is InChI=1S/C14H12F2N2/c1-10-5-2-3-8-14(10)18-17-9-11-12(15)6-4-7-13(11)16/h2-9,18H,1H3/b17-9-. The van der Waals surface area contributed by atoms with E-state index in [1.165, 1.54) is 18.2 Å². The van der Waals surface area contributed by atoms with Gasteiger partial charge in [0.25, 0.3) is 0 Å². The van der Waals surface area contributed by atoms with Gasteiger partial charge in [-0.1, -0.05) is 24.3 Å². The Morgan fingerprint density at radius 2 is 1.67 bits per heavy atom. The van der Waals surface area contributed by atoms with Crippen LogP contribution in [0.1, 0.15) is 11.1 Å². The maximum absolute atomic E-state index is 13.3. The van der Waals surface area contributed by atoms with Gasteiger partial charge in [0.2, 0.25) is 0 Å². The van der Waals surface area contributed by atoms with Crippen LogP contribution in [-0.4, -0.2) is 6.21 Å². The van der Waals surface area contributed by atoms with E-state index in [-0.39, 0.29) is 5.56 Å². The van der Waals surface area contributed by atoms with Crippen molar-refractivity contribution >= 4 is 11.9 Å². The zero-order valence-electron chi connectivity index (χ0n) is 9.82. The molecule has 0 unspecified atom stereocenters. The molecular formula is C14H12F2N2. The molecule has 0 saturated carbocycles. The molecule has 0 aliphatic rings. The van der Waals surface area contributed by atoms with Crippen molar-refractivity contribution in [1.82, 2.24) is 0 Å². The number of benzene rings is 2. The molecule has 0 spiro atoms. The van der Waals surface area contributed by atoms with E-state index in [9.17, 15) is 8.78 Å². The van der Waals surface area contributed by atoms with Crippen LogP contribution in [0.25, 0.3) is 0 Å². The van der Waals surface area contributed by atoms with Crippen molar-refractivity contribution in [1.29, 1.82) is 0 Å². The van der Waals surface area contributed by atoms with Crippen molar-refractivity contribution in [2.24, 2.45) is 5.10 Å².